The quantitative estimate of drug-likeness (QED) is 0.660. The third-order valence-corrected chi connectivity index (χ3v) is 4.94. The summed E-state index contributed by atoms with van der Waals surface area (Å²) in [6.07, 6.45) is 12.5. The van der Waals surface area contributed by atoms with E-state index in [2.05, 4.69) is 23.3 Å². The van der Waals surface area contributed by atoms with Gasteiger partial charge in [0, 0.05) is 12.8 Å². The number of nitrogens with zero attached hydrogens (tertiary/aromatic N) is 2. The summed E-state index contributed by atoms with van der Waals surface area (Å²) >= 11 is 0. The molecule has 0 saturated carbocycles. The van der Waals surface area contributed by atoms with Crippen LogP contribution < -0.4 is 0 Å². The molecule has 1 unspecified atom stereocenters. The molecule has 1 atom stereocenters. The molecule has 0 N–H and O–H groups in total. The minimum Gasteiger partial charge on any atom is -0.266 e. The highest BCUT2D eigenvalue weighted by molar-refractivity contribution is 5.78. The van der Waals surface area contributed by atoms with Crippen LogP contribution in [0.4, 0.5) is 0 Å². The molecular weight excluding hydrogens is 232 g/mol. The Morgan fingerprint density at radius 3 is 2.74 bits per heavy atom. The molecule has 2 rings (SSSR count). The molecule has 2 nitrogen and oxygen atoms in total. The number of rotatable bonds is 6. The summed E-state index contributed by atoms with van der Waals surface area (Å²) in [4.78, 5) is 2.75. The van der Waals surface area contributed by atoms with Crippen LogP contribution in [0.15, 0.2) is 0 Å². The van der Waals surface area contributed by atoms with E-state index in [-0.39, 0.29) is 0 Å². The molecule has 19 heavy (non-hydrogen) atoms. The smallest absolute Gasteiger partial charge is 0.246 e. The second kappa shape index (κ2) is 7.91. The largest absolute Gasteiger partial charge is 0.266 e. The van der Waals surface area contributed by atoms with Crippen molar-refractivity contribution in [3.8, 4) is 0 Å². The molecule has 110 valence electrons. The highest BCUT2D eigenvalue weighted by Gasteiger charge is 2.29. The van der Waals surface area contributed by atoms with E-state index < -0.39 is 0 Å². The van der Waals surface area contributed by atoms with Crippen molar-refractivity contribution in [2.24, 2.45) is 5.92 Å². The molecule has 2 aliphatic heterocycles. The Morgan fingerprint density at radius 2 is 1.95 bits per heavy atom. The molecule has 0 aromatic rings. The van der Waals surface area contributed by atoms with E-state index in [9.17, 15) is 0 Å². The van der Waals surface area contributed by atoms with Gasteiger partial charge in [0.2, 0.25) is 5.84 Å². The second-order valence-electron chi connectivity index (χ2n) is 6.43. The molecule has 0 saturated heterocycles. The van der Waals surface area contributed by atoms with Crippen LogP contribution in [0.1, 0.15) is 71.6 Å². The van der Waals surface area contributed by atoms with Crippen molar-refractivity contribution >= 4 is 5.84 Å². The van der Waals surface area contributed by atoms with Crippen LogP contribution in [0.5, 0.6) is 0 Å². The summed E-state index contributed by atoms with van der Waals surface area (Å²) < 4.78 is 2.70. The van der Waals surface area contributed by atoms with E-state index in [1.165, 1.54) is 84.0 Å². The third kappa shape index (κ3) is 4.22. The first-order valence-corrected chi connectivity index (χ1v) is 8.70. The second-order valence-corrected chi connectivity index (χ2v) is 6.43. The molecule has 2 aliphatic rings. The Balaban J connectivity index is 1.97. The van der Waals surface area contributed by atoms with Gasteiger partial charge in [0.25, 0.3) is 0 Å². The van der Waals surface area contributed by atoms with Crippen LogP contribution in [-0.2, 0) is 0 Å². The summed E-state index contributed by atoms with van der Waals surface area (Å²) in [6.45, 7) is 9.96. The van der Waals surface area contributed by atoms with Crippen molar-refractivity contribution < 1.29 is 4.58 Å². The van der Waals surface area contributed by atoms with Gasteiger partial charge in [0.05, 0.1) is 26.2 Å². The lowest BCUT2D eigenvalue weighted by molar-refractivity contribution is -0.539. The van der Waals surface area contributed by atoms with Gasteiger partial charge in [-0.15, -0.1) is 0 Å². The molecule has 0 aliphatic carbocycles. The van der Waals surface area contributed by atoms with E-state index in [0.717, 1.165) is 5.92 Å². The van der Waals surface area contributed by atoms with Crippen molar-refractivity contribution in [2.75, 3.05) is 26.2 Å². The summed E-state index contributed by atoms with van der Waals surface area (Å²) in [6, 6.07) is 0. The Morgan fingerprint density at radius 1 is 1.11 bits per heavy atom. The molecule has 0 spiro atoms. The van der Waals surface area contributed by atoms with Crippen molar-refractivity contribution in [2.45, 2.75) is 71.6 Å². The van der Waals surface area contributed by atoms with Crippen LogP contribution in [0.3, 0.4) is 0 Å². The van der Waals surface area contributed by atoms with Crippen LogP contribution in [0, 0.1) is 5.92 Å². The maximum absolute atomic E-state index is 2.75. The van der Waals surface area contributed by atoms with Crippen LogP contribution in [-0.4, -0.2) is 41.5 Å². The minimum absolute atomic E-state index is 0.913. The minimum atomic E-state index is 0.913. The van der Waals surface area contributed by atoms with E-state index in [4.69, 9.17) is 0 Å². The van der Waals surface area contributed by atoms with E-state index in [1.807, 2.05) is 0 Å². The predicted molar refractivity (Wildman–Crippen MR) is 83.0 cm³/mol. The van der Waals surface area contributed by atoms with Gasteiger partial charge in [-0.2, -0.15) is 0 Å². The van der Waals surface area contributed by atoms with Gasteiger partial charge in [0.1, 0.15) is 0 Å². The molecule has 0 amide bonds. The Labute approximate surface area is 119 Å². The van der Waals surface area contributed by atoms with Gasteiger partial charge in [0.15, 0.2) is 0 Å². The maximum Gasteiger partial charge on any atom is 0.246 e. The lowest BCUT2D eigenvalue weighted by Crippen LogP contribution is -2.45. The lowest BCUT2D eigenvalue weighted by atomic mass is 9.98. The Bertz CT molecular complexity index is 296. The molecule has 0 fully saturated rings. The van der Waals surface area contributed by atoms with Crippen LogP contribution >= 0.6 is 0 Å². The van der Waals surface area contributed by atoms with Crippen molar-refractivity contribution in [1.29, 1.82) is 0 Å². The monoisotopic (exact) mass is 265 g/mol. The van der Waals surface area contributed by atoms with E-state index in [1.54, 1.807) is 5.84 Å². The first kappa shape index (κ1) is 14.9. The summed E-state index contributed by atoms with van der Waals surface area (Å²) in [5, 5.41) is 0. The molecule has 0 aromatic carbocycles. The highest BCUT2D eigenvalue weighted by atomic mass is 15.3. The van der Waals surface area contributed by atoms with E-state index in [0.29, 0.717) is 0 Å². The fourth-order valence-electron chi connectivity index (χ4n) is 3.66. The highest BCUT2D eigenvalue weighted by Crippen LogP contribution is 2.19. The van der Waals surface area contributed by atoms with Crippen LogP contribution in [0.25, 0.3) is 0 Å². The first-order chi connectivity index (χ1) is 9.35. The molecule has 0 radical (unpaired) electrons. The van der Waals surface area contributed by atoms with Crippen molar-refractivity contribution in [1.82, 2.24) is 4.90 Å². The normalized spacial score (nSPS) is 22.1. The van der Waals surface area contributed by atoms with Gasteiger partial charge < -0.3 is 0 Å². The Hall–Kier alpha value is -0.530. The third-order valence-electron chi connectivity index (χ3n) is 4.94. The number of hydrogen-bond acceptors (Lipinski definition) is 1. The zero-order valence-corrected chi connectivity index (χ0v) is 13.2. The lowest BCUT2D eigenvalue weighted by Gasteiger charge is -2.29. The van der Waals surface area contributed by atoms with Crippen molar-refractivity contribution in [3.05, 3.63) is 0 Å². The summed E-state index contributed by atoms with van der Waals surface area (Å²) in [7, 11) is 0. The van der Waals surface area contributed by atoms with E-state index >= 15 is 0 Å². The standard InChI is InChI=1S/C17H33N2/c1-3-5-10-16(4-2)15-19-14-9-13-18-12-8-6-7-11-17(18)19/h16H,3-15H2,1-2H3/q+1. The molecule has 2 heteroatoms. The summed E-state index contributed by atoms with van der Waals surface area (Å²) in [5.41, 5.74) is 0. The molecule has 2 heterocycles. The molecular formula is C17H33N2+. The SMILES string of the molecule is CCCCC(CC)CN1CCC[N+]2=C1CCCCC2. The fraction of sp³-hybridized carbons (Fsp3) is 0.941. The topological polar surface area (TPSA) is 6.25 Å². The molecule has 0 aromatic heterocycles. The number of hydrogen-bond donors (Lipinski definition) is 0. The average Bonchev–Trinajstić information content (AvgIpc) is 2.69. The maximum atomic E-state index is 2.75. The van der Waals surface area contributed by atoms with Gasteiger partial charge in [-0.3, -0.25) is 9.48 Å². The predicted octanol–water partition coefficient (Wildman–Crippen LogP) is 3.89. The Kier molecular flexibility index (Phi) is 6.19. The van der Waals surface area contributed by atoms with Gasteiger partial charge in [-0.05, 0) is 38.0 Å². The fourth-order valence-corrected chi connectivity index (χ4v) is 3.66. The summed E-state index contributed by atoms with van der Waals surface area (Å²) in [5.74, 6) is 2.61. The van der Waals surface area contributed by atoms with Gasteiger partial charge in [-0.25, -0.2) is 0 Å². The number of unbranched alkanes of at least 4 members (excludes halogenated alkanes) is 1. The van der Waals surface area contributed by atoms with Gasteiger partial charge >= 0.3 is 0 Å². The number of amidine groups is 1. The first-order valence-electron chi connectivity index (χ1n) is 8.70. The van der Waals surface area contributed by atoms with Crippen LogP contribution in [0.2, 0.25) is 0 Å². The zero-order chi connectivity index (χ0) is 13.5. The average molecular weight is 265 g/mol. The zero-order valence-electron chi connectivity index (χ0n) is 13.2. The van der Waals surface area contributed by atoms with Crippen molar-refractivity contribution in [3.63, 3.8) is 0 Å². The molecule has 0 bridgehead atoms. The van der Waals surface area contributed by atoms with Gasteiger partial charge in [-0.1, -0.05) is 26.7 Å².